The zero-order valence-electron chi connectivity index (χ0n) is 12.3. The van der Waals surface area contributed by atoms with Crippen molar-refractivity contribution in [2.45, 2.75) is 6.54 Å². The molecule has 0 atom stereocenters. The monoisotopic (exact) mass is 340 g/mol. The second-order valence-corrected chi connectivity index (χ2v) is 5.50. The van der Waals surface area contributed by atoms with Crippen molar-refractivity contribution in [1.29, 1.82) is 0 Å². The molecule has 1 aromatic heterocycles. The Morgan fingerprint density at radius 3 is 2.62 bits per heavy atom. The van der Waals surface area contributed by atoms with Gasteiger partial charge in [0.15, 0.2) is 11.0 Å². The minimum absolute atomic E-state index is 0.337. The van der Waals surface area contributed by atoms with Gasteiger partial charge in [-0.05, 0) is 24.3 Å². The molecule has 6 nitrogen and oxygen atoms in total. The van der Waals surface area contributed by atoms with Crippen LogP contribution in [0.3, 0.4) is 0 Å². The second kappa shape index (κ2) is 5.93. The number of aromatic nitrogens is 6. The van der Waals surface area contributed by atoms with E-state index in [9.17, 15) is 4.39 Å². The summed E-state index contributed by atoms with van der Waals surface area (Å²) in [5.74, 6) is -0.0148. The van der Waals surface area contributed by atoms with Gasteiger partial charge in [0, 0.05) is 0 Å². The van der Waals surface area contributed by atoms with Crippen LogP contribution in [0.4, 0.5) is 4.39 Å². The van der Waals surface area contributed by atoms with Crippen LogP contribution in [0.2, 0.25) is 5.15 Å². The van der Waals surface area contributed by atoms with Crippen LogP contribution in [0.25, 0.3) is 22.8 Å². The van der Waals surface area contributed by atoms with Crippen molar-refractivity contribution in [2.75, 3.05) is 0 Å². The number of imidazole rings is 1. The van der Waals surface area contributed by atoms with Crippen molar-refractivity contribution in [2.24, 2.45) is 0 Å². The highest BCUT2D eigenvalue weighted by molar-refractivity contribution is 6.29. The fraction of sp³-hybridized carbons (Fsp3) is 0.0625. The lowest BCUT2D eigenvalue weighted by molar-refractivity contribution is 0.630. The van der Waals surface area contributed by atoms with E-state index in [1.165, 1.54) is 6.07 Å². The smallest absolute Gasteiger partial charge is 0.163 e. The number of hydrogen-bond acceptors (Lipinski definition) is 5. The molecular formula is C16H10ClFN6. The average Bonchev–Trinajstić information content (AvgIpc) is 3.00. The summed E-state index contributed by atoms with van der Waals surface area (Å²) >= 11 is 5.72. The fourth-order valence-electron chi connectivity index (χ4n) is 2.30. The summed E-state index contributed by atoms with van der Waals surface area (Å²) in [5.41, 5.74) is 2.31. The standard InChI is InChI=1S/C16H10ClFN6/c17-15-6-5-10(22-23-15)8-24-9-14-13(7-19-24)20-16(21-14)11-3-1-2-4-12(11)18/h1-7,9H,8H2. The quantitative estimate of drug-likeness (QED) is 0.573. The molecule has 0 bridgehead atoms. The molecule has 3 heterocycles. The molecule has 0 amide bonds. The summed E-state index contributed by atoms with van der Waals surface area (Å²) in [5, 5.41) is 12.4. The molecule has 0 N–H and O–H groups in total. The molecule has 0 saturated heterocycles. The van der Waals surface area contributed by atoms with Crippen LogP contribution >= 0.6 is 11.6 Å². The predicted molar refractivity (Wildman–Crippen MR) is 86.0 cm³/mol. The van der Waals surface area contributed by atoms with Crippen LogP contribution in [-0.4, -0.2) is 29.9 Å². The van der Waals surface area contributed by atoms with Crippen molar-refractivity contribution >= 4 is 11.6 Å². The Labute approximate surface area is 141 Å². The Hall–Kier alpha value is -2.93. The van der Waals surface area contributed by atoms with E-state index in [2.05, 4.69) is 25.3 Å². The molecule has 2 aliphatic heterocycles. The van der Waals surface area contributed by atoms with Crippen LogP contribution in [-0.2, 0) is 6.54 Å². The number of halogens is 2. The first-order valence-corrected chi connectivity index (χ1v) is 7.50. The van der Waals surface area contributed by atoms with E-state index in [4.69, 9.17) is 11.6 Å². The highest BCUT2D eigenvalue weighted by atomic mass is 35.5. The van der Waals surface area contributed by atoms with E-state index in [1.807, 2.05) is 0 Å². The topological polar surface area (TPSA) is 69.4 Å². The summed E-state index contributed by atoms with van der Waals surface area (Å²) in [4.78, 5) is 8.72. The van der Waals surface area contributed by atoms with E-state index in [0.717, 1.165) is 0 Å². The molecule has 2 aliphatic rings. The molecule has 118 valence electrons. The molecule has 0 fully saturated rings. The molecular weight excluding hydrogens is 331 g/mol. The summed E-state index contributed by atoms with van der Waals surface area (Å²) in [7, 11) is 0. The fourth-order valence-corrected chi connectivity index (χ4v) is 2.41. The Kier molecular flexibility index (Phi) is 3.62. The first-order chi connectivity index (χ1) is 11.7. The maximum absolute atomic E-state index is 13.9. The minimum atomic E-state index is -0.356. The zero-order valence-corrected chi connectivity index (χ0v) is 13.0. The Morgan fingerprint density at radius 2 is 1.83 bits per heavy atom. The maximum Gasteiger partial charge on any atom is 0.163 e. The van der Waals surface area contributed by atoms with Crippen LogP contribution in [0.1, 0.15) is 5.69 Å². The number of fused-ring (bicyclic) bond motifs is 1. The zero-order chi connectivity index (χ0) is 16.5. The van der Waals surface area contributed by atoms with Gasteiger partial charge in [0.05, 0.1) is 30.2 Å². The van der Waals surface area contributed by atoms with Crippen molar-refractivity contribution in [3.63, 3.8) is 0 Å². The van der Waals surface area contributed by atoms with Crippen LogP contribution in [0.5, 0.6) is 0 Å². The largest absolute Gasteiger partial charge is 0.264 e. The summed E-state index contributed by atoms with van der Waals surface area (Å²) in [6.07, 6.45) is 3.33. The third kappa shape index (κ3) is 2.81. The normalized spacial score (nSPS) is 11.1. The molecule has 0 saturated carbocycles. The van der Waals surface area contributed by atoms with Crippen LogP contribution < -0.4 is 0 Å². The van der Waals surface area contributed by atoms with E-state index < -0.39 is 0 Å². The Bertz CT molecular complexity index is 969. The SMILES string of the molecule is Fc1ccccc1-c1nc2cnn(Cc3ccc(Cl)nn3)cc-2n1. The molecule has 8 heteroatoms. The van der Waals surface area contributed by atoms with Crippen LogP contribution in [0, 0.1) is 5.82 Å². The van der Waals surface area contributed by atoms with Gasteiger partial charge in [-0.2, -0.15) is 10.2 Å². The first-order valence-electron chi connectivity index (χ1n) is 7.12. The molecule has 0 radical (unpaired) electrons. The highest BCUT2D eigenvalue weighted by Gasteiger charge is 2.15. The average molecular weight is 341 g/mol. The van der Waals surface area contributed by atoms with Gasteiger partial charge in [0.1, 0.15) is 17.2 Å². The van der Waals surface area contributed by atoms with Gasteiger partial charge < -0.3 is 0 Å². The molecule has 0 spiro atoms. The van der Waals surface area contributed by atoms with E-state index in [-0.39, 0.29) is 5.82 Å². The molecule has 2 aromatic rings. The Morgan fingerprint density at radius 1 is 1.00 bits per heavy atom. The van der Waals surface area contributed by atoms with Crippen molar-refractivity contribution in [3.05, 3.63) is 65.5 Å². The second-order valence-electron chi connectivity index (χ2n) is 5.12. The molecule has 0 aliphatic carbocycles. The van der Waals surface area contributed by atoms with Crippen molar-refractivity contribution in [3.8, 4) is 22.8 Å². The lowest BCUT2D eigenvalue weighted by Crippen LogP contribution is -2.07. The molecule has 1 aromatic carbocycles. The van der Waals surface area contributed by atoms with Gasteiger partial charge in [0.2, 0.25) is 0 Å². The van der Waals surface area contributed by atoms with Crippen LogP contribution in [0.15, 0.2) is 48.8 Å². The third-order valence-corrected chi connectivity index (χ3v) is 3.64. The number of rotatable bonds is 3. The van der Waals surface area contributed by atoms with E-state index in [0.29, 0.717) is 40.2 Å². The van der Waals surface area contributed by atoms with Crippen molar-refractivity contribution in [1.82, 2.24) is 29.9 Å². The number of nitrogens with zero attached hydrogens (tertiary/aromatic N) is 6. The third-order valence-electron chi connectivity index (χ3n) is 3.44. The minimum Gasteiger partial charge on any atom is -0.264 e. The number of hydrogen-bond donors (Lipinski definition) is 0. The van der Waals surface area contributed by atoms with Gasteiger partial charge in [-0.1, -0.05) is 23.7 Å². The Balaban J connectivity index is 1.68. The first kappa shape index (κ1) is 14.6. The van der Waals surface area contributed by atoms with Gasteiger partial charge in [0.25, 0.3) is 0 Å². The highest BCUT2D eigenvalue weighted by Crippen LogP contribution is 2.25. The summed E-state index contributed by atoms with van der Waals surface area (Å²) in [6, 6.07) is 9.85. The lowest BCUT2D eigenvalue weighted by atomic mass is 10.2. The van der Waals surface area contributed by atoms with Crippen molar-refractivity contribution < 1.29 is 4.39 Å². The number of benzene rings is 1. The lowest BCUT2D eigenvalue weighted by Gasteiger charge is -2.05. The van der Waals surface area contributed by atoms with Gasteiger partial charge in [-0.3, -0.25) is 4.68 Å². The maximum atomic E-state index is 13.9. The van der Waals surface area contributed by atoms with Gasteiger partial charge in [-0.15, -0.1) is 5.10 Å². The predicted octanol–water partition coefficient (Wildman–Crippen LogP) is 3.08. The summed E-state index contributed by atoms with van der Waals surface area (Å²) in [6.45, 7) is 0.419. The molecule has 4 rings (SSSR count). The van der Waals surface area contributed by atoms with E-state index in [1.54, 1.807) is 47.4 Å². The summed E-state index contributed by atoms with van der Waals surface area (Å²) < 4.78 is 15.5. The van der Waals surface area contributed by atoms with E-state index >= 15 is 0 Å². The van der Waals surface area contributed by atoms with Gasteiger partial charge >= 0.3 is 0 Å². The molecule has 0 unspecified atom stereocenters. The molecule has 24 heavy (non-hydrogen) atoms. The van der Waals surface area contributed by atoms with Gasteiger partial charge in [-0.25, -0.2) is 14.4 Å².